The lowest BCUT2D eigenvalue weighted by Crippen LogP contribution is -2.24. The highest BCUT2D eigenvalue weighted by molar-refractivity contribution is 5.94. The van der Waals surface area contributed by atoms with Crippen LogP contribution in [0.1, 0.15) is 43.6 Å². The number of carbonyl (C=O) groups excluding carboxylic acids is 1. The van der Waals surface area contributed by atoms with Crippen molar-refractivity contribution < 1.29 is 9.90 Å². The largest absolute Gasteiger partial charge is 0.506 e. The molecule has 0 aromatic heterocycles. The maximum atomic E-state index is 12.1. The number of aromatic hydroxyl groups is 1. The number of azo groups is 1. The summed E-state index contributed by atoms with van der Waals surface area (Å²) in [5, 5.41) is 24.6. The Kier molecular flexibility index (Phi) is 9.04. The van der Waals surface area contributed by atoms with Crippen LogP contribution in [0.2, 0.25) is 0 Å². The fourth-order valence-electron chi connectivity index (χ4n) is 2.59. The topological polar surface area (TPSA) is 86.1 Å². The number of phenolic OH excluding ortho intramolecular Hbond substituents is 1. The summed E-state index contributed by atoms with van der Waals surface area (Å²) in [5.41, 5.74) is 2.56. The van der Waals surface area contributed by atoms with Crippen molar-refractivity contribution in [1.29, 1.82) is 0 Å². The molecule has 6 heteroatoms. The molecule has 0 saturated carbocycles. The lowest BCUT2D eigenvalue weighted by molar-refractivity contribution is 0.0958. The molecule has 0 aliphatic heterocycles. The van der Waals surface area contributed by atoms with Gasteiger partial charge in [-0.3, -0.25) is 4.79 Å². The van der Waals surface area contributed by atoms with Gasteiger partial charge < -0.3 is 15.7 Å². The third kappa shape index (κ3) is 8.06. The molecular weight excluding hydrogens is 376 g/mol. The van der Waals surface area contributed by atoms with Gasteiger partial charge in [0.15, 0.2) is 0 Å². The second kappa shape index (κ2) is 11.7. The van der Waals surface area contributed by atoms with Gasteiger partial charge in [-0.2, -0.15) is 5.11 Å². The first-order chi connectivity index (χ1) is 14.3. The Hall–Kier alpha value is -3.17. The van der Waals surface area contributed by atoms with Crippen LogP contribution in [0, 0.1) is 17.8 Å². The highest BCUT2D eigenvalue weighted by atomic mass is 16.3. The number of nitrogens with one attached hydrogen (secondary N) is 2. The summed E-state index contributed by atoms with van der Waals surface area (Å²) in [5.74, 6) is 6.11. The van der Waals surface area contributed by atoms with Crippen LogP contribution in [-0.4, -0.2) is 30.1 Å². The Labute approximate surface area is 178 Å². The quantitative estimate of drug-likeness (QED) is 0.437. The molecule has 0 fully saturated rings. The van der Waals surface area contributed by atoms with Crippen LogP contribution in [0.25, 0.3) is 0 Å². The van der Waals surface area contributed by atoms with E-state index < -0.39 is 0 Å². The highest BCUT2D eigenvalue weighted by Crippen LogP contribution is 2.29. The highest BCUT2D eigenvalue weighted by Gasteiger charge is 2.05. The average molecular weight is 407 g/mol. The number of carbonyl (C=O) groups is 1. The maximum absolute atomic E-state index is 12.1. The molecule has 3 N–H and O–H groups in total. The van der Waals surface area contributed by atoms with Gasteiger partial charge in [-0.1, -0.05) is 45.6 Å². The minimum absolute atomic E-state index is 0.0966. The Balaban J connectivity index is 1.93. The number of hydrogen-bond acceptors (Lipinski definition) is 5. The number of nitrogens with zero attached hydrogens (tertiary/aromatic N) is 2. The van der Waals surface area contributed by atoms with Crippen LogP contribution in [0.5, 0.6) is 5.75 Å². The molecule has 158 valence electrons. The van der Waals surface area contributed by atoms with Crippen LogP contribution >= 0.6 is 0 Å². The smallest absolute Gasteiger partial charge is 0.252 e. The van der Waals surface area contributed by atoms with Gasteiger partial charge >= 0.3 is 0 Å². The van der Waals surface area contributed by atoms with E-state index in [9.17, 15) is 9.90 Å². The number of benzene rings is 2. The van der Waals surface area contributed by atoms with Crippen LogP contribution in [0.15, 0.2) is 52.7 Å². The number of hydrogen-bond donors (Lipinski definition) is 3. The van der Waals surface area contributed by atoms with Crippen molar-refractivity contribution in [2.45, 2.75) is 40.2 Å². The Bertz CT molecular complexity index is 922. The Morgan fingerprint density at radius 2 is 1.80 bits per heavy atom. The summed E-state index contributed by atoms with van der Waals surface area (Å²) in [6.07, 6.45) is 0.829. The zero-order valence-electron chi connectivity index (χ0n) is 18.1. The molecule has 6 nitrogen and oxygen atoms in total. The van der Waals surface area contributed by atoms with E-state index in [1.54, 1.807) is 36.4 Å². The molecule has 0 radical (unpaired) electrons. The number of rotatable bonds is 8. The van der Waals surface area contributed by atoms with E-state index in [4.69, 9.17) is 0 Å². The monoisotopic (exact) mass is 406 g/mol. The molecule has 1 amide bonds. The van der Waals surface area contributed by atoms with E-state index in [0.29, 0.717) is 29.5 Å². The molecule has 0 aliphatic carbocycles. The maximum Gasteiger partial charge on any atom is 0.252 e. The minimum atomic E-state index is -0.184. The summed E-state index contributed by atoms with van der Waals surface area (Å²) in [6, 6.07) is 12.6. The standard InChI is InChI=1S/C24H30N4O2/c1-17(2)6-5-14-26-24(30)20-8-10-21(11-9-20)27-28-22-12-7-19(16-23(22)29)13-15-25-18(3)4/h7-12,16-18,25,29H,13-15H2,1-4H3,(H,26,30). The fourth-order valence-corrected chi connectivity index (χ4v) is 2.59. The first-order valence-corrected chi connectivity index (χ1v) is 10.2. The van der Waals surface area contributed by atoms with Gasteiger partial charge in [0, 0.05) is 17.5 Å². The van der Waals surface area contributed by atoms with Crippen molar-refractivity contribution in [2.24, 2.45) is 16.1 Å². The number of phenols is 1. The zero-order chi connectivity index (χ0) is 21.9. The molecular formula is C24H30N4O2. The Morgan fingerprint density at radius 3 is 2.43 bits per heavy atom. The SMILES string of the molecule is CC(C)C#CCNC(=O)c1ccc(N=Nc2ccc(CCNC(C)C)cc2O)cc1. The van der Waals surface area contributed by atoms with Gasteiger partial charge in [0.2, 0.25) is 0 Å². The van der Waals surface area contributed by atoms with Crippen molar-refractivity contribution in [3.05, 3.63) is 53.6 Å². The molecule has 0 spiro atoms. The third-order valence-electron chi connectivity index (χ3n) is 4.14. The first-order valence-electron chi connectivity index (χ1n) is 10.2. The van der Waals surface area contributed by atoms with Crippen LogP contribution < -0.4 is 10.6 Å². The lowest BCUT2D eigenvalue weighted by Gasteiger charge is -2.08. The van der Waals surface area contributed by atoms with Gasteiger partial charge in [0.05, 0.1) is 12.2 Å². The third-order valence-corrected chi connectivity index (χ3v) is 4.14. The second-order valence-electron chi connectivity index (χ2n) is 7.59. The van der Waals surface area contributed by atoms with Gasteiger partial charge in [0.1, 0.15) is 11.4 Å². The molecule has 0 atom stereocenters. The summed E-state index contributed by atoms with van der Waals surface area (Å²) < 4.78 is 0. The van der Waals surface area contributed by atoms with Crippen LogP contribution in [-0.2, 0) is 6.42 Å². The zero-order valence-corrected chi connectivity index (χ0v) is 18.1. The summed E-state index contributed by atoms with van der Waals surface area (Å²) >= 11 is 0. The lowest BCUT2D eigenvalue weighted by atomic mass is 10.1. The predicted octanol–water partition coefficient (Wildman–Crippen LogP) is 4.74. The molecule has 2 aromatic rings. The molecule has 0 unspecified atom stereocenters. The van der Waals surface area contributed by atoms with Crippen molar-refractivity contribution >= 4 is 17.3 Å². The Morgan fingerprint density at radius 1 is 1.07 bits per heavy atom. The van der Waals surface area contributed by atoms with Gasteiger partial charge in [-0.25, -0.2) is 0 Å². The van der Waals surface area contributed by atoms with E-state index in [2.05, 4.69) is 46.6 Å². The molecule has 2 rings (SSSR count). The van der Waals surface area contributed by atoms with Gasteiger partial charge in [-0.05, 0) is 54.9 Å². The van der Waals surface area contributed by atoms with E-state index in [-0.39, 0.29) is 17.6 Å². The van der Waals surface area contributed by atoms with E-state index in [0.717, 1.165) is 18.5 Å². The van der Waals surface area contributed by atoms with Crippen LogP contribution in [0.3, 0.4) is 0 Å². The van der Waals surface area contributed by atoms with E-state index in [1.807, 2.05) is 19.9 Å². The second-order valence-corrected chi connectivity index (χ2v) is 7.59. The van der Waals surface area contributed by atoms with Gasteiger partial charge in [0.25, 0.3) is 5.91 Å². The summed E-state index contributed by atoms with van der Waals surface area (Å²) in [7, 11) is 0. The fraction of sp³-hybridized carbons (Fsp3) is 0.375. The summed E-state index contributed by atoms with van der Waals surface area (Å²) in [4.78, 5) is 12.1. The normalized spacial score (nSPS) is 11.0. The molecule has 0 aliphatic rings. The van der Waals surface area contributed by atoms with Crippen molar-refractivity contribution in [3.8, 4) is 17.6 Å². The molecule has 0 bridgehead atoms. The molecule has 0 saturated heterocycles. The van der Waals surface area contributed by atoms with E-state index in [1.165, 1.54) is 0 Å². The molecule has 0 heterocycles. The van der Waals surface area contributed by atoms with Crippen molar-refractivity contribution in [1.82, 2.24) is 10.6 Å². The van der Waals surface area contributed by atoms with Crippen molar-refractivity contribution in [2.75, 3.05) is 13.1 Å². The average Bonchev–Trinajstić information content (AvgIpc) is 2.70. The van der Waals surface area contributed by atoms with E-state index >= 15 is 0 Å². The molecule has 30 heavy (non-hydrogen) atoms. The van der Waals surface area contributed by atoms with Crippen molar-refractivity contribution in [3.63, 3.8) is 0 Å². The first kappa shape index (κ1) is 23.1. The number of amides is 1. The van der Waals surface area contributed by atoms with Crippen LogP contribution in [0.4, 0.5) is 11.4 Å². The van der Waals surface area contributed by atoms with Gasteiger partial charge in [-0.15, -0.1) is 5.11 Å². The summed E-state index contributed by atoms with van der Waals surface area (Å²) in [6.45, 7) is 9.37. The molecule has 2 aromatic carbocycles. The predicted molar refractivity (Wildman–Crippen MR) is 121 cm³/mol. The minimum Gasteiger partial charge on any atom is -0.506 e.